The average molecular weight is 347 g/mol. The van der Waals surface area contributed by atoms with Crippen molar-refractivity contribution >= 4 is 22.8 Å². The molecule has 3 aromatic heterocycles. The van der Waals surface area contributed by atoms with Crippen LogP contribution in [0.2, 0.25) is 0 Å². The summed E-state index contributed by atoms with van der Waals surface area (Å²) >= 11 is 0. The summed E-state index contributed by atoms with van der Waals surface area (Å²) in [6, 6.07) is 11.0. The number of furan rings is 1. The van der Waals surface area contributed by atoms with Crippen LogP contribution in [-0.4, -0.2) is 47.0 Å². The zero-order valence-electron chi connectivity index (χ0n) is 14.3. The van der Waals surface area contributed by atoms with Gasteiger partial charge in [-0.15, -0.1) is 0 Å². The summed E-state index contributed by atoms with van der Waals surface area (Å²) in [5, 5.41) is 9.01. The number of anilines is 1. The van der Waals surface area contributed by atoms with Gasteiger partial charge < -0.3 is 14.2 Å². The lowest BCUT2D eigenvalue weighted by molar-refractivity contribution is 0.0717. The number of aromatic nitrogens is 2. The predicted octanol–water partition coefficient (Wildman–Crippen LogP) is 2.37. The third-order valence-electron chi connectivity index (χ3n) is 4.49. The van der Waals surface area contributed by atoms with Crippen LogP contribution >= 0.6 is 0 Å². The number of fused-ring (bicyclic) bond motifs is 1. The highest BCUT2D eigenvalue weighted by Gasteiger charge is 2.25. The van der Waals surface area contributed by atoms with Crippen LogP contribution in [-0.2, 0) is 0 Å². The smallest absolute Gasteiger partial charge is 0.289 e. The molecule has 0 atom stereocenters. The van der Waals surface area contributed by atoms with Gasteiger partial charge in [-0.2, -0.15) is 5.26 Å². The highest BCUT2D eigenvalue weighted by molar-refractivity contribution is 5.95. The molecule has 7 nitrogen and oxygen atoms in total. The number of piperazine rings is 1. The predicted molar refractivity (Wildman–Crippen MR) is 95.8 cm³/mol. The fourth-order valence-electron chi connectivity index (χ4n) is 3.09. The molecule has 0 unspecified atom stereocenters. The second-order valence-corrected chi connectivity index (χ2v) is 6.24. The molecule has 4 rings (SSSR count). The van der Waals surface area contributed by atoms with Gasteiger partial charge >= 0.3 is 0 Å². The maximum Gasteiger partial charge on any atom is 0.289 e. The van der Waals surface area contributed by atoms with Crippen LogP contribution in [0, 0.1) is 18.3 Å². The number of pyridine rings is 2. The summed E-state index contributed by atoms with van der Waals surface area (Å²) in [7, 11) is 0. The molecule has 4 heterocycles. The Labute approximate surface area is 150 Å². The Bertz CT molecular complexity index is 1010. The topological polar surface area (TPSA) is 86.3 Å². The van der Waals surface area contributed by atoms with Crippen LogP contribution in [0.5, 0.6) is 0 Å². The van der Waals surface area contributed by atoms with Gasteiger partial charge in [-0.3, -0.25) is 4.79 Å². The Morgan fingerprint density at radius 2 is 2.00 bits per heavy atom. The van der Waals surface area contributed by atoms with Gasteiger partial charge in [0, 0.05) is 44.1 Å². The molecule has 7 heteroatoms. The molecular weight excluding hydrogens is 330 g/mol. The molecule has 1 fully saturated rings. The van der Waals surface area contributed by atoms with Crippen LogP contribution in [0.15, 0.2) is 40.9 Å². The normalized spacial score (nSPS) is 14.5. The summed E-state index contributed by atoms with van der Waals surface area (Å²) in [5.41, 5.74) is 2.79. The number of hydrogen-bond acceptors (Lipinski definition) is 6. The molecule has 0 N–H and O–H groups in total. The maximum absolute atomic E-state index is 12.7. The van der Waals surface area contributed by atoms with Gasteiger partial charge in [-0.25, -0.2) is 9.97 Å². The molecule has 1 amide bonds. The Morgan fingerprint density at radius 3 is 2.77 bits per heavy atom. The minimum absolute atomic E-state index is 0.126. The van der Waals surface area contributed by atoms with Crippen molar-refractivity contribution in [2.45, 2.75) is 6.92 Å². The molecule has 0 saturated carbocycles. The van der Waals surface area contributed by atoms with E-state index in [1.54, 1.807) is 29.3 Å². The van der Waals surface area contributed by atoms with Crippen molar-refractivity contribution < 1.29 is 9.21 Å². The molecule has 1 aliphatic heterocycles. The largest absolute Gasteiger partial charge is 0.449 e. The molecule has 1 aliphatic rings. The number of hydrogen-bond donors (Lipinski definition) is 0. The molecular formula is C19H17N5O2. The van der Waals surface area contributed by atoms with Crippen LogP contribution in [0.4, 0.5) is 5.82 Å². The summed E-state index contributed by atoms with van der Waals surface area (Å²) in [6.45, 7) is 4.36. The Kier molecular flexibility index (Phi) is 4.01. The van der Waals surface area contributed by atoms with Gasteiger partial charge in [0.1, 0.15) is 11.3 Å². The molecule has 26 heavy (non-hydrogen) atoms. The van der Waals surface area contributed by atoms with E-state index >= 15 is 0 Å². The molecule has 3 aromatic rings. The molecule has 0 spiro atoms. The monoisotopic (exact) mass is 347 g/mol. The van der Waals surface area contributed by atoms with Crippen molar-refractivity contribution in [3.63, 3.8) is 0 Å². The van der Waals surface area contributed by atoms with Crippen LogP contribution in [0.1, 0.15) is 21.8 Å². The lowest BCUT2D eigenvalue weighted by Gasteiger charge is -2.35. The Morgan fingerprint density at radius 1 is 1.19 bits per heavy atom. The Hall–Kier alpha value is -3.40. The van der Waals surface area contributed by atoms with E-state index in [9.17, 15) is 4.79 Å². The Balaban J connectivity index is 1.46. The molecule has 0 bridgehead atoms. The number of carbonyl (C=O) groups excluding carboxylic acids is 1. The first kappa shape index (κ1) is 16.1. The number of nitrogens with zero attached hydrogens (tertiary/aromatic N) is 5. The van der Waals surface area contributed by atoms with Crippen molar-refractivity contribution in [2.75, 3.05) is 31.1 Å². The zero-order valence-corrected chi connectivity index (χ0v) is 14.3. The van der Waals surface area contributed by atoms with Gasteiger partial charge in [0.15, 0.2) is 11.3 Å². The van der Waals surface area contributed by atoms with E-state index in [-0.39, 0.29) is 5.91 Å². The molecule has 130 valence electrons. The van der Waals surface area contributed by atoms with Gasteiger partial charge in [0.05, 0.1) is 11.6 Å². The number of rotatable bonds is 2. The highest BCUT2D eigenvalue weighted by Crippen LogP contribution is 2.21. The maximum atomic E-state index is 12.7. The van der Waals surface area contributed by atoms with Crippen molar-refractivity contribution in [2.24, 2.45) is 0 Å². The standard InChI is InChI=1S/C19H17N5O2/c1-13-2-3-16-15(22-13)11-17(26-16)19(25)24-8-6-23(7-9-24)18-10-14(12-20)4-5-21-18/h2-5,10-11H,6-9H2,1H3. The minimum atomic E-state index is -0.126. The second-order valence-electron chi connectivity index (χ2n) is 6.24. The van der Waals surface area contributed by atoms with E-state index in [1.165, 1.54) is 0 Å². The third-order valence-corrected chi connectivity index (χ3v) is 4.49. The van der Waals surface area contributed by atoms with Gasteiger partial charge in [-0.1, -0.05) is 0 Å². The lowest BCUT2D eigenvalue weighted by Crippen LogP contribution is -2.49. The number of carbonyl (C=O) groups is 1. The number of amides is 1. The molecule has 0 aromatic carbocycles. The first-order chi connectivity index (χ1) is 12.6. The average Bonchev–Trinajstić information content (AvgIpc) is 3.10. The quantitative estimate of drug-likeness (QED) is 0.707. The van der Waals surface area contributed by atoms with Crippen LogP contribution in [0.25, 0.3) is 11.1 Å². The summed E-state index contributed by atoms with van der Waals surface area (Å²) in [4.78, 5) is 25.3. The van der Waals surface area contributed by atoms with E-state index < -0.39 is 0 Å². The van der Waals surface area contributed by atoms with Gasteiger partial charge in [0.25, 0.3) is 5.91 Å². The summed E-state index contributed by atoms with van der Waals surface area (Å²) in [5.74, 6) is 0.953. The van der Waals surface area contributed by atoms with Crippen LogP contribution < -0.4 is 4.90 Å². The first-order valence-corrected chi connectivity index (χ1v) is 8.41. The lowest BCUT2D eigenvalue weighted by atomic mass is 10.2. The molecule has 1 saturated heterocycles. The number of aryl methyl sites for hydroxylation is 1. The summed E-state index contributed by atoms with van der Waals surface area (Å²) in [6.07, 6.45) is 1.63. The fourth-order valence-corrected chi connectivity index (χ4v) is 3.09. The first-order valence-electron chi connectivity index (χ1n) is 8.41. The van der Waals surface area contributed by atoms with Crippen molar-refractivity contribution in [3.05, 3.63) is 53.5 Å². The number of nitriles is 1. The van der Waals surface area contributed by atoms with E-state index in [0.29, 0.717) is 48.6 Å². The van der Waals surface area contributed by atoms with Crippen molar-refractivity contribution in [1.29, 1.82) is 5.26 Å². The SMILES string of the molecule is Cc1ccc2oc(C(=O)N3CCN(c4cc(C#N)ccn4)CC3)cc2n1. The van der Waals surface area contributed by atoms with Gasteiger partial charge in [0.2, 0.25) is 0 Å². The van der Waals surface area contributed by atoms with Crippen molar-refractivity contribution in [1.82, 2.24) is 14.9 Å². The van der Waals surface area contributed by atoms with E-state index in [4.69, 9.17) is 9.68 Å². The third kappa shape index (κ3) is 2.97. The van der Waals surface area contributed by atoms with Crippen LogP contribution in [0.3, 0.4) is 0 Å². The highest BCUT2D eigenvalue weighted by atomic mass is 16.3. The van der Waals surface area contributed by atoms with E-state index in [2.05, 4.69) is 20.9 Å². The summed E-state index contributed by atoms with van der Waals surface area (Å²) < 4.78 is 5.66. The fraction of sp³-hybridized carbons (Fsp3) is 0.263. The molecule has 0 radical (unpaired) electrons. The van der Waals surface area contributed by atoms with E-state index in [0.717, 1.165) is 11.5 Å². The minimum Gasteiger partial charge on any atom is -0.449 e. The van der Waals surface area contributed by atoms with E-state index in [1.807, 2.05) is 19.1 Å². The molecule has 0 aliphatic carbocycles. The zero-order chi connectivity index (χ0) is 18.1. The van der Waals surface area contributed by atoms with Gasteiger partial charge in [-0.05, 0) is 31.2 Å². The second kappa shape index (κ2) is 6.48. The van der Waals surface area contributed by atoms with Crippen molar-refractivity contribution in [3.8, 4) is 6.07 Å².